The van der Waals surface area contributed by atoms with E-state index in [1.165, 1.54) is 0 Å². The third kappa shape index (κ3) is 1.20. The summed E-state index contributed by atoms with van der Waals surface area (Å²) < 4.78 is 0. The quantitative estimate of drug-likeness (QED) is 0.604. The molecule has 0 radical (unpaired) electrons. The molecule has 0 amide bonds. The molecule has 0 unspecified atom stereocenters. The number of halogens is 2. The summed E-state index contributed by atoms with van der Waals surface area (Å²) >= 11 is 11.5. The second kappa shape index (κ2) is 2.69. The Hall–Kier alpha value is -0.400. The molecule has 0 atom stereocenters. The molecule has 0 saturated heterocycles. The molecular weight excluding hydrogens is 169 g/mol. The Morgan fingerprint density at radius 2 is 1.90 bits per heavy atom. The van der Waals surface area contributed by atoms with Crippen molar-refractivity contribution >= 4 is 28.9 Å². The Labute approximate surface area is 69.7 Å². The van der Waals surface area contributed by atoms with Crippen LogP contribution in [0.25, 0.3) is 0 Å². The van der Waals surface area contributed by atoms with E-state index in [2.05, 4.69) is 0 Å². The van der Waals surface area contributed by atoms with Gasteiger partial charge in [-0.25, -0.2) is 0 Å². The SMILES string of the molecule is Cc1c(N)ccc(Cl)c1Cl. The van der Waals surface area contributed by atoms with E-state index in [9.17, 15) is 0 Å². The molecule has 1 nitrogen and oxygen atoms in total. The Morgan fingerprint density at radius 1 is 1.30 bits per heavy atom. The number of hydrogen-bond donors (Lipinski definition) is 1. The van der Waals surface area contributed by atoms with Crippen LogP contribution in [0.2, 0.25) is 10.0 Å². The predicted octanol–water partition coefficient (Wildman–Crippen LogP) is 2.88. The maximum Gasteiger partial charge on any atom is 0.0641 e. The second-order valence-corrected chi connectivity index (χ2v) is 2.86. The van der Waals surface area contributed by atoms with Crippen molar-refractivity contribution in [2.75, 3.05) is 5.73 Å². The van der Waals surface area contributed by atoms with Crippen LogP contribution < -0.4 is 5.73 Å². The highest BCUT2D eigenvalue weighted by Gasteiger charge is 2.02. The fourth-order valence-corrected chi connectivity index (χ4v) is 1.04. The molecule has 2 N–H and O–H groups in total. The molecule has 0 aliphatic carbocycles. The summed E-state index contributed by atoms with van der Waals surface area (Å²) in [5.74, 6) is 0. The van der Waals surface area contributed by atoms with E-state index in [0.717, 1.165) is 5.56 Å². The normalized spacial score (nSPS) is 9.90. The summed E-state index contributed by atoms with van der Waals surface area (Å²) in [7, 11) is 0. The first kappa shape index (κ1) is 7.70. The number of nitrogen functional groups attached to an aromatic ring is 1. The topological polar surface area (TPSA) is 26.0 Å². The molecule has 3 heteroatoms. The number of rotatable bonds is 0. The van der Waals surface area contributed by atoms with Crippen LogP contribution in [0, 0.1) is 6.92 Å². The minimum Gasteiger partial charge on any atom is -0.398 e. The van der Waals surface area contributed by atoms with E-state index in [-0.39, 0.29) is 0 Å². The molecule has 54 valence electrons. The van der Waals surface area contributed by atoms with Crippen molar-refractivity contribution in [3.63, 3.8) is 0 Å². The van der Waals surface area contributed by atoms with Crippen molar-refractivity contribution in [2.45, 2.75) is 6.92 Å². The highest BCUT2D eigenvalue weighted by atomic mass is 35.5. The van der Waals surface area contributed by atoms with Crippen LogP contribution in [0.1, 0.15) is 5.56 Å². The van der Waals surface area contributed by atoms with E-state index in [0.29, 0.717) is 15.7 Å². The molecular formula is C7H7Cl2N. The molecule has 0 aliphatic heterocycles. The minimum absolute atomic E-state index is 0.543. The maximum absolute atomic E-state index is 5.77. The van der Waals surface area contributed by atoms with Gasteiger partial charge in [0.1, 0.15) is 0 Å². The minimum atomic E-state index is 0.543. The first-order valence-electron chi connectivity index (χ1n) is 2.83. The van der Waals surface area contributed by atoms with Gasteiger partial charge in [-0.2, -0.15) is 0 Å². The van der Waals surface area contributed by atoms with Crippen LogP contribution in [-0.4, -0.2) is 0 Å². The molecule has 0 aromatic heterocycles. The molecule has 1 rings (SSSR count). The lowest BCUT2D eigenvalue weighted by atomic mass is 10.2. The largest absolute Gasteiger partial charge is 0.398 e. The number of anilines is 1. The van der Waals surface area contributed by atoms with Crippen LogP contribution in [0.15, 0.2) is 12.1 Å². The molecule has 0 bridgehead atoms. The molecule has 1 aromatic carbocycles. The summed E-state index contributed by atoms with van der Waals surface area (Å²) in [4.78, 5) is 0. The van der Waals surface area contributed by atoms with Gasteiger partial charge in [0.2, 0.25) is 0 Å². The lowest BCUT2D eigenvalue weighted by Crippen LogP contribution is -1.89. The molecule has 10 heavy (non-hydrogen) atoms. The van der Waals surface area contributed by atoms with Crippen molar-refractivity contribution < 1.29 is 0 Å². The summed E-state index contributed by atoms with van der Waals surface area (Å²) in [5.41, 5.74) is 7.06. The lowest BCUT2D eigenvalue weighted by Gasteiger charge is -2.02. The van der Waals surface area contributed by atoms with E-state index in [1.807, 2.05) is 6.92 Å². The second-order valence-electron chi connectivity index (χ2n) is 2.08. The highest BCUT2D eigenvalue weighted by Crippen LogP contribution is 2.28. The fourth-order valence-electron chi connectivity index (χ4n) is 0.667. The molecule has 0 saturated carbocycles. The summed E-state index contributed by atoms with van der Waals surface area (Å²) in [5, 5.41) is 1.09. The molecule has 0 heterocycles. The van der Waals surface area contributed by atoms with Gasteiger partial charge in [-0.05, 0) is 24.6 Å². The summed E-state index contributed by atoms with van der Waals surface area (Å²) in [6.07, 6.45) is 0. The van der Waals surface area contributed by atoms with Gasteiger partial charge in [-0.15, -0.1) is 0 Å². The van der Waals surface area contributed by atoms with Crippen molar-refractivity contribution in [2.24, 2.45) is 0 Å². The van der Waals surface area contributed by atoms with Gasteiger partial charge >= 0.3 is 0 Å². The van der Waals surface area contributed by atoms with Crippen molar-refractivity contribution in [3.8, 4) is 0 Å². The van der Waals surface area contributed by atoms with Crippen LogP contribution in [0.5, 0.6) is 0 Å². The van der Waals surface area contributed by atoms with E-state index < -0.39 is 0 Å². The first-order valence-corrected chi connectivity index (χ1v) is 3.58. The van der Waals surface area contributed by atoms with Crippen LogP contribution in [0.4, 0.5) is 5.69 Å². The predicted molar refractivity (Wildman–Crippen MR) is 45.6 cm³/mol. The van der Waals surface area contributed by atoms with Gasteiger partial charge in [-0.3, -0.25) is 0 Å². The van der Waals surface area contributed by atoms with Crippen LogP contribution in [0.3, 0.4) is 0 Å². The molecule has 0 aliphatic rings. The zero-order valence-electron chi connectivity index (χ0n) is 5.49. The third-order valence-corrected chi connectivity index (χ3v) is 2.28. The van der Waals surface area contributed by atoms with Gasteiger partial charge in [0, 0.05) is 5.69 Å². The van der Waals surface area contributed by atoms with Crippen molar-refractivity contribution in [3.05, 3.63) is 27.7 Å². The Morgan fingerprint density at radius 3 is 2.40 bits per heavy atom. The van der Waals surface area contributed by atoms with Crippen LogP contribution in [-0.2, 0) is 0 Å². The van der Waals surface area contributed by atoms with Gasteiger partial charge in [-0.1, -0.05) is 23.2 Å². The molecule has 0 fully saturated rings. The summed E-state index contributed by atoms with van der Waals surface area (Å²) in [6.45, 7) is 1.84. The van der Waals surface area contributed by atoms with Gasteiger partial charge in [0.15, 0.2) is 0 Å². The van der Waals surface area contributed by atoms with Crippen LogP contribution >= 0.6 is 23.2 Å². The van der Waals surface area contributed by atoms with E-state index >= 15 is 0 Å². The Bertz CT molecular complexity index is 231. The maximum atomic E-state index is 5.77. The zero-order valence-corrected chi connectivity index (χ0v) is 7.00. The lowest BCUT2D eigenvalue weighted by molar-refractivity contribution is 1.47. The Balaban J connectivity index is 3.34. The van der Waals surface area contributed by atoms with Gasteiger partial charge < -0.3 is 5.73 Å². The third-order valence-electron chi connectivity index (χ3n) is 1.38. The van der Waals surface area contributed by atoms with E-state index in [1.54, 1.807) is 12.1 Å². The average molecular weight is 176 g/mol. The highest BCUT2D eigenvalue weighted by molar-refractivity contribution is 6.42. The van der Waals surface area contributed by atoms with Crippen molar-refractivity contribution in [1.29, 1.82) is 0 Å². The van der Waals surface area contributed by atoms with Crippen molar-refractivity contribution in [1.82, 2.24) is 0 Å². The first-order chi connectivity index (χ1) is 4.63. The smallest absolute Gasteiger partial charge is 0.0641 e. The van der Waals surface area contributed by atoms with E-state index in [4.69, 9.17) is 28.9 Å². The zero-order chi connectivity index (χ0) is 7.72. The van der Waals surface area contributed by atoms with Gasteiger partial charge in [0.05, 0.1) is 10.0 Å². The number of benzene rings is 1. The number of hydrogen-bond acceptors (Lipinski definition) is 1. The monoisotopic (exact) mass is 175 g/mol. The molecule has 1 aromatic rings. The number of nitrogens with two attached hydrogens (primary N) is 1. The molecule has 0 spiro atoms. The summed E-state index contributed by atoms with van der Waals surface area (Å²) in [6, 6.07) is 3.43. The van der Waals surface area contributed by atoms with Gasteiger partial charge in [0.25, 0.3) is 0 Å². The standard InChI is InChI=1S/C7H7Cl2N/c1-4-6(10)3-2-5(8)7(4)9/h2-3H,10H2,1H3. The average Bonchev–Trinajstić information content (AvgIpc) is 1.93. The Kier molecular flexibility index (Phi) is 2.07. The fraction of sp³-hybridized carbons (Fsp3) is 0.143.